The van der Waals surface area contributed by atoms with E-state index in [1.165, 1.54) is 11.1 Å². The van der Waals surface area contributed by atoms with Crippen LogP contribution in [0.3, 0.4) is 0 Å². The minimum Gasteiger partial charge on any atom is -0.411 e. The number of carbonyl (C=O) groups is 1. The molecule has 2 saturated heterocycles. The number of urea groups is 1. The smallest absolute Gasteiger partial charge is 0.320 e. The van der Waals surface area contributed by atoms with Crippen molar-refractivity contribution in [1.82, 2.24) is 19.7 Å². The van der Waals surface area contributed by atoms with Gasteiger partial charge in [-0.2, -0.15) is 0 Å². The molecule has 0 unspecified atom stereocenters. The molecule has 0 radical (unpaired) electrons. The number of fused-ring (bicyclic) bond motifs is 1. The summed E-state index contributed by atoms with van der Waals surface area (Å²) in [4.78, 5) is 24.5. The van der Waals surface area contributed by atoms with Crippen molar-refractivity contribution in [3.05, 3.63) is 65.0 Å². The van der Waals surface area contributed by atoms with Crippen LogP contribution in [0.2, 0.25) is 18.1 Å². The Balaban J connectivity index is 1.21. The minimum absolute atomic E-state index is 0.0212. The van der Waals surface area contributed by atoms with Gasteiger partial charge in [0.2, 0.25) is 0 Å². The van der Waals surface area contributed by atoms with Gasteiger partial charge in [-0.05, 0) is 47.8 Å². The molecule has 1 atom stereocenters. The Kier molecular flexibility index (Phi) is 8.67. The van der Waals surface area contributed by atoms with Crippen LogP contribution in [0.1, 0.15) is 43.2 Å². The summed E-state index contributed by atoms with van der Waals surface area (Å²) in [6, 6.07) is 12.8. The van der Waals surface area contributed by atoms with Crippen molar-refractivity contribution < 1.29 is 14.0 Å². The largest absolute Gasteiger partial charge is 0.411 e. The third kappa shape index (κ3) is 6.95. The number of pyridine rings is 1. The molecule has 1 aromatic heterocycles. The molecule has 214 valence electrons. The van der Waals surface area contributed by atoms with E-state index in [2.05, 4.69) is 79.9 Å². The Bertz CT molecular complexity index is 1240. The van der Waals surface area contributed by atoms with Crippen LogP contribution in [0.15, 0.2) is 42.6 Å². The highest BCUT2D eigenvalue weighted by atomic mass is 28.4. The normalized spacial score (nSPS) is 19.2. The van der Waals surface area contributed by atoms with E-state index in [1.54, 1.807) is 6.20 Å². The van der Waals surface area contributed by atoms with Gasteiger partial charge in [-0.1, -0.05) is 56.9 Å². The monoisotopic (exact) mass is 560 g/mol. The van der Waals surface area contributed by atoms with Gasteiger partial charge in [-0.25, -0.2) is 4.79 Å². The van der Waals surface area contributed by atoms with E-state index >= 15 is 0 Å². The van der Waals surface area contributed by atoms with Gasteiger partial charge in [0.05, 0.1) is 37.5 Å². The Morgan fingerprint density at radius 1 is 1.05 bits per heavy atom. The summed E-state index contributed by atoms with van der Waals surface area (Å²) in [5.74, 6) is 6.73. The SMILES string of the molecule is CC(C)(C)[Si](C)(C)O[C@H](CN1CCc2ccccc2C1)CN1CCN(Cc2ccc(C#CC3COC3)cn2)C1=O. The lowest BCUT2D eigenvalue weighted by Gasteiger charge is -2.42. The van der Waals surface area contributed by atoms with Crippen molar-refractivity contribution in [3.63, 3.8) is 0 Å². The van der Waals surface area contributed by atoms with E-state index in [4.69, 9.17) is 9.16 Å². The predicted molar refractivity (Wildman–Crippen MR) is 160 cm³/mol. The molecule has 1 aromatic carbocycles. The zero-order chi connectivity index (χ0) is 28.3. The fourth-order valence-corrected chi connectivity index (χ4v) is 6.55. The molecular weight excluding hydrogens is 516 g/mol. The van der Waals surface area contributed by atoms with Crippen LogP contribution in [0, 0.1) is 17.8 Å². The van der Waals surface area contributed by atoms with Crippen molar-refractivity contribution in [2.45, 2.75) is 64.5 Å². The molecule has 3 aliphatic rings. The third-order valence-corrected chi connectivity index (χ3v) is 13.3. The number of carbonyl (C=O) groups excluding carboxylic acids is 1. The maximum absolute atomic E-state index is 13.5. The van der Waals surface area contributed by atoms with Crippen molar-refractivity contribution in [1.29, 1.82) is 0 Å². The first kappa shape index (κ1) is 28.8. The van der Waals surface area contributed by atoms with Gasteiger partial charge in [0.25, 0.3) is 0 Å². The molecule has 8 heteroatoms. The molecule has 40 heavy (non-hydrogen) atoms. The number of hydrogen-bond acceptors (Lipinski definition) is 5. The molecule has 2 fully saturated rings. The number of amides is 2. The molecule has 0 saturated carbocycles. The minimum atomic E-state index is -2.02. The molecule has 0 aliphatic carbocycles. The molecule has 2 amide bonds. The summed E-state index contributed by atoms with van der Waals surface area (Å²) in [5, 5.41) is 0.106. The molecule has 0 spiro atoms. The molecule has 3 aliphatic heterocycles. The Hall–Kier alpha value is -2.70. The highest BCUT2D eigenvalue weighted by Gasteiger charge is 2.41. The first-order valence-electron chi connectivity index (χ1n) is 14.6. The van der Waals surface area contributed by atoms with E-state index in [0.29, 0.717) is 32.1 Å². The second kappa shape index (κ2) is 12.0. The van der Waals surface area contributed by atoms with Crippen LogP contribution >= 0.6 is 0 Å². The Morgan fingerprint density at radius 3 is 2.48 bits per heavy atom. The molecule has 7 nitrogen and oxygen atoms in total. The van der Waals surface area contributed by atoms with Gasteiger partial charge in [-0.15, -0.1) is 0 Å². The van der Waals surface area contributed by atoms with Crippen molar-refractivity contribution in [2.24, 2.45) is 5.92 Å². The van der Waals surface area contributed by atoms with E-state index < -0.39 is 8.32 Å². The number of benzene rings is 1. The topological polar surface area (TPSA) is 58.1 Å². The number of rotatable bonds is 8. The first-order valence-corrected chi connectivity index (χ1v) is 17.5. The number of ether oxygens (including phenoxy) is 1. The Morgan fingerprint density at radius 2 is 1.80 bits per heavy atom. The molecule has 5 rings (SSSR count). The van der Waals surface area contributed by atoms with Gasteiger partial charge in [0.1, 0.15) is 0 Å². The van der Waals surface area contributed by atoms with Gasteiger partial charge < -0.3 is 19.0 Å². The summed E-state index contributed by atoms with van der Waals surface area (Å²) >= 11 is 0. The fraction of sp³-hybridized carbons (Fsp3) is 0.562. The summed E-state index contributed by atoms with van der Waals surface area (Å²) in [6.45, 7) is 18.2. The van der Waals surface area contributed by atoms with Gasteiger partial charge in [0.15, 0.2) is 8.32 Å². The van der Waals surface area contributed by atoms with Crippen LogP contribution in [0.4, 0.5) is 4.79 Å². The molecule has 0 bridgehead atoms. The highest BCUT2D eigenvalue weighted by molar-refractivity contribution is 6.74. The Labute approximate surface area is 241 Å². The second-order valence-corrected chi connectivity index (χ2v) is 17.7. The molecule has 4 heterocycles. The van der Waals surface area contributed by atoms with Crippen LogP contribution in [0.5, 0.6) is 0 Å². The second-order valence-electron chi connectivity index (χ2n) is 12.9. The third-order valence-electron chi connectivity index (χ3n) is 8.78. The van der Waals surface area contributed by atoms with Crippen molar-refractivity contribution >= 4 is 14.3 Å². The lowest BCUT2D eigenvalue weighted by molar-refractivity contribution is -0.00300. The number of hydrogen-bond donors (Lipinski definition) is 0. The maximum Gasteiger partial charge on any atom is 0.320 e. The van der Waals surface area contributed by atoms with Crippen LogP contribution in [0.25, 0.3) is 0 Å². The van der Waals surface area contributed by atoms with Gasteiger partial charge in [-0.3, -0.25) is 9.88 Å². The summed E-state index contributed by atoms with van der Waals surface area (Å²) in [6.07, 6.45) is 2.85. The van der Waals surface area contributed by atoms with Crippen LogP contribution in [-0.2, 0) is 28.7 Å². The van der Waals surface area contributed by atoms with Gasteiger partial charge in [0, 0.05) is 51.0 Å². The van der Waals surface area contributed by atoms with Crippen LogP contribution in [-0.4, -0.2) is 86.1 Å². The van der Waals surface area contributed by atoms with Crippen LogP contribution < -0.4 is 0 Å². The quantitative estimate of drug-likeness (QED) is 0.344. The van der Waals surface area contributed by atoms with E-state index in [9.17, 15) is 4.79 Å². The maximum atomic E-state index is 13.5. The average Bonchev–Trinajstić information content (AvgIpc) is 3.21. The molecular formula is C32H44N4O3Si. The number of nitrogens with zero attached hydrogens (tertiary/aromatic N) is 4. The average molecular weight is 561 g/mol. The van der Waals surface area contributed by atoms with E-state index in [1.807, 2.05) is 21.9 Å². The molecule has 0 N–H and O–H groups in total. The summed E-state index contributed by atoms with van der Waals surface area (Å²) in [7, 11) is -2.02. The van der Waals surface area contributed by atoms with Crippen molar-refractivity contribution in [2.75, 3.05) is 45.9 Å². The van der Waals surface area contributed by atoms with E-state index in [0.717, 1.165) is 50.5 Å². The first-order chi connectivity index (χ1) is 19.1. The zero-order valence-corrected chi connectivity index (χ0v) is 25.8. The lowest BCUT2D eigenvalue weighted by atomic mass is 10.00. The number of aromatic nitrogens is 1. The summed E-state index contributed by atoms with van der Waals surface area (Å²) in [5.41, 5.74) is 4.64. The molecule has 2 aromatic rings. The zero-order valence-electron chi connectivity index (χ0n) is 24.8. The standard InChI is InChI=1S/C32H44N4O3Si/c1-32(2,3)40(4,5)39-30(21-34-15-14-27-8-6-7-9-28(27)19-34)22-36-17-16-35(31(36)37)20-29-13-12-25(18-33-29)10-11-26-23-38-24-26/h6-9,12-13,18,26,30H,14-17,19-24H2,1-5H3/t30-/m1/s1. The highest BCUT2D eigenvalue weighted by Crippen LogP contribution is 2.37. The van der Waals surface area contributed by atoms with E-state index in [-0.39, 0.29) is 17.2 Å². The summed E-state index contributed by atoms with van der Waals surface area (Å²) < 4.78 is 12.2. The lowest BCUT2D eigenvalue weighted by Crippen LogP contribution is -2.51. The van der Waals surface area contributed by atoms with Crippen molar-refractivity contribution in [3.8, 4) is 11.8 Å². The predicted octanol–water partition coefficient (Wildman–Crippen LogP) is 4.77. The van der Waals surface area contributed by atoms with Gasteiger partial charge >= 0.3 is 6.03 Å². The fourth-order valence-electron chi connectivity index (χ4n) is 5.21.